The Kier molecular flexibility index (Phi) is 5.58. The minimum atomic E-state index is -0.586. The van der Waals surface area contributed by atoms with E-state index in [1.54, 1.807) is 0 Å². The van der Waals surface area contributed by atoms with Crippen molar-refractivity contribution in [3.63, 3.8) is 0 Å². The Balaban J connectivity index is 2.07. The number of benzene rings is 1. The fourth-order valence-electron chi connectivity index (χ4n) is 2.12. The van der Waals surface area contributed by atoms with E-state index < -0.39 is 11.8 Å². The molecule has 23 heavy (non-hydrogen) atoms. The molecule has 2 amide bonds. The molecule has 0 spiro atoms. The number of carbonyl (C=O) groups excluding carboxylic acids is 1. The number of urea groups is 1. The summed E-state index contributed by atoms with van der Waals surface area (Å²) < 4.78 is 15.2. The number of amides is 2. The SMILES string of the molecule is CC(C)CC(CO)NC(=O)Nc1cc(-n2cnnn2)ccc1F. The largest absolute Gasteiger partial charge is 0.394 e. The van der Waals surface area contributed by atoms with E-state index in [9.17, 15) is 14.3 Å². The highest BCUT2D eigenvalue weighted by Crippen LogP contribution is 2.18. The Morgan fingerprint density at radius 2 is 2.22 bits per heavy atom. The van der Waals surface area contributed by atoms with Gasteiger partial charge in [0.05, 0.1) is 24.0 Å². The zero-order valence-electron chi connectivity index (χ0n) is 12.9. The molecule has 1 aromatic carbocycles. The molecule has 9 heteroatoms. The molecule has 0 radical (unpaired) electrons. The molecule has 0 aliphatic rings. The summed E-state index contributed by atoms with van der Waals surface area (Å²) in [6.45, 7) is 3.79. The van der Waals surface area contributed by atoms with E-state index in [-0.39, 0.29) is 18.3 Å². The molecule has 0 aliphatic carbocycles. The van der Waals surface area contributed by atoms with Crippen LogP contribution in [-0.2, 0) is 0 Å². The van der Waals surface area contributed by atoms with Crippen molar-refractivity contribution in [2.45, 2.75) is 26.3 Å². The first kappa shape index (κ1) is 16.8. The maximum atomic E-state index is 13.8. The van der Waals surface area contributed by atoms with Gasteiger partial charge in [-0.1, -0.05) is 13.8 Å². The average molecular weight is 322 g/mol. The lowest BCUT2D eigenvalue weighted by molar-refractivity contribution is 0.214. The molecule has 0 bridgehead atoms. The predicted molar refractivity (Wildman–Crippen MR) is 81.6 cm³/mol. The van der Waals surface area contributed by atoms with Gasteiger partial charge < -0.3 is 15.7 Å². The van der Waals surface area contributed by atoms with Crippen molar-refractivity contribution >= 4 is 11.7 Å². The Hall–Kier alpha value is -2.55. The normalized spacial score (nSPS) is 12.2. The van der Waals surface area contributed by atoms with Gasteiger partial charge in [-0.05, 0) is 41.0 Å². The lowest BCUT2D eigenvalue weighted by Gasteiger charge is -2.18. The number of nitrogens with zero attached hydrogens (tertiary/aromatic N) is 4. The number of aliphatic hydroxyl groups excluding tert-OH is 1. The first-order chi connectivity index (χ1) is 11.0. The van der Waals surface area contributed by atoms with Gasteiger partial charge in [-0.25, -0.2) is 13.9 Å². The molecule has 8 nitrogen and oxygen atoms in total. The number of hydrogen-bond donors (Lipinski definition) is 3. The van der Waals surface area contributed by atoms with Crippen molar-refractivity contribution in [2.75, 3.05) is 11.9 Å². The fraction of sp³-hybridized carbons (Fsp3) is 0.429. The highest BCUT2D eigenvalue weighted by molar-refractivity contribution is 5.89. The summed E-state index contributed by atoms with van der Waals surface area (Å²) in [5.41, 5.74) is 0.504. The van der Waals surface area contributed by atoms with Crippen LogP contribution in [0.5, 0.6) is 0 Å². The summed E-state index contributed by atoms with van der Waals surface area (Å²) in [4.78, 5) is 12.0. The van der Waals surface area contributed by atoms with Crippen molar-refractivity contribution in [1.82, 2.24) is 25.5 Å². The third-order valence-electron chi connectivity index (χ3n) is 3.12. The maximum Gasteiger partial charge on any atom is 0.319 e. The van der Waals surface area contributed by atoms with E-state index >= 15 is 0 Å². The number of halogens is 1. The number of rotatable bonds is 6. The molecule has 0 aliphatic heterocycles. The third-order valence-corrected chi connectivity index (χ3v) is 3.12. The minimum Gasteiger partial charge on any atom is -0.394 e. The Morgan fingerprint density at radius 1 is 1.43 bits per heavy atom. The topological polar surface area (TPSA) is 105 Å². The molecule has 1 aromatic heterocycles. The zero-order valence-corrected chi connectivity index (χ0v) is 12.9. The van der Waals surface area contributed by atoms with Crippen LogP contribution in [0.2, 0.25) is 0 Å². The lowest BCUT2D eigenvalue weighted by Crippen LogP contribution is -2.41. The molecule has 0 saturated carbocycles. The summed E-state index contributed by atoms with van der Waals surface area (Å²) in [7, 11) is 0. The predicted octanol–water partition coefficient (Wildman–Crippen LogP) is 1.33. The van der Waals surface area contributed by atoms with Crippen molar-refractivity contribution in [2.24, 2.45) is 5.92 Å². The number of anilines is 1. The molecule has 0 fully saturated rings. The van der Waals surface area contributed by atoms with Gasteiger partial charge in [-0.3, -0.25) is 0 Å². The van der Waals surface area contributed by atoms with Crippen LogP contribution in [0.25, 0.3) is 5.69 Å². The van der Waals surface area contributed by atoms with Crippen molar-refractivity contribution in [3.05, 3.63) is 30.3 Å². The van der Waals surface area contributed by atoms with Crippen molar-refractivity contribution in [1.29, 1.82) is 0 Å². The minimum absolute atomic E-state index is 0.00302. The van der Waals surface area contributed by atoms with Gasteiger partial charge in [0.1, 0.15) is 12.1 Å². The second-order valence-corrected chi connectivity index (χ2v) is 5.53. The van der Waals surface area contributed by atoms with Crippen LogP contribution >= 0.6 is 0 Å². The van der Waals surface area contributed by atoms with Gasteiger partial charge in [-0.15, -0.1) is 5.10 Å². The average Bonchev–Trinajstić information content (AvgIpc) is 3.02. The summed E-state index contributed by atoms with van der Waals surface area (Å²) in [6.07, 6.45) is 1.98. The summed E-state index contributed by atoms with van der Waals surface area (Å²) in [5, 5.41) is 25.0. The van der Waals surface area contributed by atoms with Gasteiger partial charge in [0.25, 0.3) is 0 Å². The first-order valence-corrected chi connectivity index (χ1v) is 7.21. The first-order valence-electron chi connectivity index (χ1n) is 7.21. The number of hydrogen-bond acceptors (Lipinski definition) is 5. The summed E-state index contributed by atoms with van der Waals surface area (Å²) >= 11 is 0. The highest BCUT2D eigenvalue weighted by atomic mass is 19.1. The molecular formula is C14H19FN6O2. The number of nitrogens with one attached hydrogen (secondary N) is 2. The van der Waals surface area contributed by atoms with Gasteiger partial charge >= 0.3 is 6.03 Å². The van der Waals surface area contributed by atoms with Crippen LogP contribution in [0.15, 0.2) is 24.5 Å². The van der Waals surface area contributed by atoms with E-state index in [2.05, 4.69) is 26.2 Å². The molecular weight excluding hydrogens is 303 g/mol. The van der Waals surface area contributed by atoms with Crippen molar-refractivity contribution < 1.29 is 14.3 Å². The molecule has 1 unspecified atom stereocenters. The van der Waals surface area contributed by atoms with Crippen LogP contribution in [0.3, 0.4) is 0 Å². The van der Waals surface area contributed by atoms with E-state index in [4.69, 9.17) is 0 Å². The Bertz CT molecular complexity index is 647. The van der Waals surface area contributed by atoms with E-state index in [1.165, 1.54) is 29.2 Å². The molecule has 3 N–H and O–H groups in total. The van der Waals surface area contributed by atoms with Crippen LogP contribution in [-0.4, -0.2) is 44.0 Å². The number of tetrazole rings is 1. The maximum absolute atomic E-state index is 13.8. The quantitative estimate of drug-likeness (QED) is 0.744. The van der Waals surface area contributed by atoms with Crippen LogP contribution in [0.1, 0.15) is 20.3 Å². The second-order valence-electron chi connectivity index (χ2n) is 5.53. The van der Waals surface area contributed by atoms with Gasteiger partial charge in [0.2, 0.25) is 0 Å². The van der Waals surface area contributed by atoms with Gasteiger partial charge in [-0.2, -0.15) is 0 Å². The van der Waals surface area contributed by atoms with E-state index in [1.807, 2.05) is 13.8 Å². The Labute approximate surface area is 132 Å². The molecule has 124 valence electrons. The molecule has 1 heterocycles. The molecule has 1 atom stereocenters. The van der Waals surface area contributed by atoms with Gasteiger partial charge in [0.15, 0.2) is 0 Å². The Morgan fingerprint density at radius 3 is 2.83 bits per heavy atom. The van der Waals surface area contributed by atoms with E-state index in [0.717, 1.165) is 0 Å². The summed E-state index contributed by atoms with van der Waals surface area (Å²) in [6, 6.07) is 3.15. The molecule has 0 saturated heterocycles. The van der Waals surface area contributed by atoms with Crippen LogP contribution < -0.4 is 10.6 Å². The molecule has 2 rings (SSSR count). The third kappa shape index (κ3) is 4.71. The number of carbonyl (C=O) groups is 1. The standard InChI is InChI=1S/C14H19FN6O2/c1-9(2)5-10(7-22)17-14(23)18-13-6-11(3-4-12(13)15)21-8-16-19-20-21/h3-4,6,8-10,22H,5,7H2,1-2H3,(H2,17,18,23). The van der Waals surface area contributed by atoms with Crippen LogP contribution in [0.4, 0.5) is 14.9 Å². The zero-order chi connectivity index (χ0) is 16.8. The summed E-state index contributed by atoms with van der Waals surface area (Å²) in [5.74, 6) is -0.270. The van der Waals surface area contributed by atoms with Crippen molar-refractivity contribution in [3.8, 4) is 5.69 Å². The lowest BCUT2D eigenvalue weighted by atomic mass is 10.0. The molecule has 2 aromatic rings. The van der Waals surface area contributed by atoms with Gasteiger partial charge in [0, 0.05) is 0 Å². The smallest absolute Gasteiger partial charge is 0.319 e. The number of aromatic nitrogens is 4. The van der Waals surface area contributed by atoms with Crippen LogP contribution in [0, 0.1) is 11.7 Å². The number of aliphatic hydroxyl groups is 1. The second kappa shape index (κ2) is 7.63. The fourth-order valence-corrected chi connectivity index (χ4v) is 2.12. The monoisotopic (exact) mass is 322 g/mol. The van der Waals surface area contributed by atoms with E-state index in [0.29, 0.717) is 18.0 Å². The highest BCUT2D eigenvalue weighted by Gasteiger charge is 2.15.